The molecule has 1 amide bonds. The molecule has 0 fully saturated rings. The molecule has 0 saturated heterocycles. The van der Waals surface area contributed by atoms with Crippen LogP contribution >= 0.6 is 11.6 Å². The number of aromatic nitrogens is 1. The number of halogens is 1. The molecule has 3 aromatic rings. The Bertz CT molecular complexity index is 1040. The zero-order chi connectivity index (χ0) is 19.7. The van der Waals surface area contributed by atoms with Gasteiger partial charge in [0.25, 0.3) is 0 Å². The third kappa shape index (κ3) is 3.61. The molecule has 6 nitrogen and oxygen atoms in total. The summed E-state index contributed by atoms with van der Waals surface area (Å²) < 4.78 is 5.34. The van der Waals surface area contributed by atoms with Gasteiger partial charge in [-0.3, -0.25) is 4.79 Å². The number of aromatic carboxylic acids is 1. The van der Waals surface area contributed by atoms with Gasteiger partial charge in [0.1, 0.15) is 11.4 Å². The summed E-state index contributed by atoms with van der Waals surface area (Å²) in [5.74, 6) is -0.819. The number of hydrogen-bond acceptors (Lipinski definition) is 3. The Balaban J connectivity index is 2.01. The van der Waals surface area contributed by atoms with Crippen LogP contribution in [0.3, 0.4) is 0 Å². The third-order valence-corrected chi connectivity index (χ3v) is 4.71. The average Bonchev–Trinajstić information content (AvgIpc) is 2.99. The maximum atomic E-state index is 12.9. The molecule has 1 heterocycles. The molecule has 0 aliphatic rings. The van der Waals surface area contributed by atoms with E-state index < -0.39 is 5.97 Å². The van der Waals surface area contributed by atoms with Crippen LogP contribution in [0.25, 0.3) is 10.9 Å². The molecule has 7 heteroatoms. The van der Waals surface area contributed by atoms with Gasteiger partial charge in [-0.2, -0.15) is 0 Å². The molecule has 0 bridgehead atoms. The number of aromatic amines is 1. The number of H-pyrrole nitrogens is 1. The van der Waals surface area contributed by atoms with Crippen molar-refractivity contribution in [3.8, 4) is 5.75 Å². The molecule has 3 rings (SSSR count). The SMILES string of the molecule is COc1ccc(C)cc1N(C)C(=O)Cc1c(C(=O)O)[nH]c2ccc(Cl)cc12. The van der Waals surface area contributed by atoms with Crippen LogP contribution in [-0.2, 0) is 11.2 Å². The first-order valence-electron chi connectivity index (χ1n) is 8.26. The number of fused-ring (bicyclic) bond motifs is 1. The van der Waals surface area contributed by atoms with Crippen molar-refractivity contribution in [1.82, 2.24) is 4.98 Å². The minimum atomic E-state index is -1.12. The maximum absolute atomic E-state index is 12.9. The molecule has 0 unspecified atom stereocenters. The Hall–Kier alpha value is -2.99. The fourth-order valence-electron chi connectivity index (χ4n) is 3.05. The highest BCUT2D eigenvalue weighted by molar-refractivity contribution is 6.31. The van der Waals surface area contributed by atoms with Gasteiger partial charge in [-0.15, -0.1) is 0 Å². The summed E-state index contributed by atoms with van der Waals surface area (Å²) in [5, 5.41) is 10.6. The number of nitrogens with zero attached hydrogens (tertiary/aromatic N) is 1. The second-order valence-electron chi connectivity index (χ2n) is 6.28. The fraction of sp³-hybridized carbons (Fsp3) is 0.200. The summed E-state index contributed by atoms with van der Waals surface area (Å²) >= 11 is 6.06. The van der Waals surface area contributed by atoms with Gasteiger partial charge in [-0.1, -0.05) is 17.7 Å². The van der Waals surface area contributed by atoms with Gasteiger partial charge in [0.15, 0.2) is 0 Å². The molecule has 140 valence electrons. The Labute approximate surface area is 161 Å². The smallest absolute Gasteiger partial charge is 0.352 e. The van der Waals surface area contributed by atoms with Gasteiger partial charge in [0.2, 0.25) is 5.91 Å². The van der Waals surface area contributed by atoms with Gasteiger partial charge in [0.05, 0.1) is 19.2 Å². The number of likely N-dealkylation sites (N-methyl/N-ethyl adjacent to an activating group) is 1. The highest BCUT2D eigenvalue weighted by atomic mass is 35.5. The number of carboxylic acids is 1. The fourth-order valence-corrected chi connectivity index (χ4v) is 3.22. The van der Waals surface area contributed by atoms with E-state index in [0.717, 1.165) is 5.56 Å². The largest absolute Gasteiger partial charge is 0.495 e. The predicted molar refractivity (Wildman–Crippen MR) is 105 cm³/mol. The molecule has 27 heavy (non-hydrogen) atoms. The van der Waals surface area contributed by atoms with Crippen molar-refractivity contribution in [3.63, 3.8) is 0 Å². The predicted octanol–water partition coefficient (Wildman–Crippen LogP) is 4.04. The summed E-state index contributed by atoms with van der Waals surface area (Å²) in [4.78, 5) is 28.9. The lowest BCUT2D eigenvalue weighted by Crippen LogP contribution is -2.28. The summed E-state index contributed by atoms with van der Waals surface area (Å²) in [6, 6.07) is 10.6. The molecule has 2 aromatic carbocycles. The lowest BCUT2D eigenvalue weighted by atomic mass is 10.1. The number of ether oxygens (including phenoxy) is 1. The quantitative estimate of drug-likeness (QED) is 0.693. The lowest BCUT2D eigenvalue weighted by Gasteiger charge is -2.20. The number of anilines is 1. The van der Waals surface area contributed by atoms with E-state index in [0.29, 0.717) is 32.9 Å². The van der Waals surface area contributed by atoms with E-state index in [9.17, 15) is 14.7 Å². The van der Waals surface area contributed by atoms with Gasteiger partial charge in [-0.25, -0.2) is 4.79 Å². The van der Waals surface area contributed by atoms with Crippen LogP contribution in [0, 0.1) is 6.92 Å². The van der Waals surface area contributed by atoms with E-state index in [-0.39, 0.29) is 18.0 Å². The summed E-state index contributed by atoms with van der Waals surface area (Å²) in [6.07, 6.45) is -0.0877. The average molecular weight is 387 g/mol. The van der Waals surface area contributed by atoms with Crippen LogP contribution in [0.1, 0.15) is 21.6 Å². The van der Waals surface area contributed by atoms with Gasteiger partial charge in [-0.05, 0) is 42.8 Å². The Kier molecular flexibility index (Phi) is 5.10. The Morgan fingerprint density at radius 2 is 1.96 bits per heavy atom. The number of nitrogens with one attached hydrogen (secondary N) is 1. The third-order valence-electron chi connectivity index (χ3n) is 4.48. The van der Waals surface area contributed by atoms with E-state index >= 15 is 0 Å². The van der Waals surface area contributed by atoms with Crippen LogP contribution in [0.2, 0.25) is 5.02 Å². The first kappa shape index (κ1) is 18.8. The molecule has 0 aliphatic carbocycles. The Morgan fingerprint density at radius 3 is 2.63 bits per heavy atom. The first-order valence-corrected chi connectivity index (χ1v) is 8.64. The molecule has 0 atom stereocenters. The number of amides is 1. The molecular weight excluding hydrogens is 368 g/mol. The molecular formula is C20H19ClN2O4. The molecule has 1 aromatic heterocycles. The minimum absolute atomic E-state index is 0.00905. The number of methoxy groups -OCH3 is 1. The van der Waals surface area contributed by atoms with Crippen molar-refractivity contribution < 1.29 is 19.4 Å². The molecule has 2 N–H and O–H groups in total. The van der Waals surface area contributed by atoms with E-state index in [1.54, 1.807) is 31.3 Å². The second-order valence-corrected chi connectivity index (χ2v) is 6.71. The molecule has 0 spiro atoms. The van der Waals surface area contributed by atoms with Crippen molar-refractivity contribution in [3.05, 3.63) is 58.2 Å². The number of carbonyl (C=O) groups is 2. The number of carbonyl (C=O) groups excluding carboxylic acids is 1. The van der Waals surface area contributed by atoms with Crippen LogP contribution in [0.5, 0.6) is 5.75 Å². The van der Waals surface area contributed by atoms with Crippen molar-refractivity contribution in [2.75, 3.05) is 19.1 Å². The summed E-state index contributed by atoms with van der Waals surface area (Å²) in [5.41, 5.74) is 2.62. The van der Waals surface area contributed by atoms with Crippen molar-refractivity contribution in [1.29, 1.82) is 0 Å². The van der Waals surface area contributed by atoms with Gasteiger partial charge >= 0.3 is 5.97 Å². The highest BCUT2D eigenvalue weighted by Gasteiger charge is 2.23. The van der Waals surface area contributed by atoms with Crippen molar-refractivity contribution >= 4 is 40.1 Å². The number of rotatable bonds is 5. The number of benzene rings is 2. The van der Waals surface area contributed by atoms with E-state index in [1.165, 1.54) is 12.0 Å². The first-order chi connectivity index (χ1) is 12.8. The number of hydrogen-bond donors (Lipinski definition) is 2. The molecule has 0 radical (unpaired) electrons. The summed E-state index contributed by atoms with van der Waals surface area (Å²) in [7, 11) is 3.18. The van der Waals surface area contributed by atoms with E-state index in [1.807, 2.05) is 19.1 Å². The maximum Gasteiger partial charge on any atom is 0.352 e. The van der Waals surface area contributed by atoms with Crippen molar-refractivity contribution in [2.24, 2.45) is 0 Å². The van der Waals surface area contributed by atoms with Gasteiger partial charge < -0.3 is 19.7 Å². The highest BCUT2D eigenvalue weighted by Crippen LogP contribution is 2.31. The zero-order valence-electron chi connectivity index (χ0n) is 15.2. The van der Waals surface area contributed by atoms with Crippen LogP contribution < -0.4 is 9.64 Å². The van der Waals surface area contributed by atoms with E-state index in [4.69, 9.17) is 16.3 Å². The Morgan fingerprint density at radius 1 is 1.22 bits per heavy atom. The standard InChI is InChI=1S/C20H19ClN2O4/c1-11-4-7-17(27-3)16(8-11)23(2)18(24)10-14-13-9-12(21)5-6-15(13)22-19(14)20(25)26/h4-9,22H,10H2,1-3H3,(H,25,26). The molecule has 0 aliphatic heterocycles. The topological polar surface area (TPSA) is 82.6 Å². The van der Waals surface area contributed by atoms with Gasteiger partial charge in [0, 0.05) is 28.5 Å². The summed E-state index contributed by atoms with van der Waals surface area (Å²) in [6.45, 7) is 1.92. The van der Waals surface area contributed by atoms with Crippen molar-refractivity contribution in [2.45, 2.75) is 13.3 Å². The lowest BCUT2D eigenvalue weighted by molar-refractivity contribution is -0.117. The normalized spacial score (nSPS) is 10.8. The molecule has 0 saturated carbocycles. The minimum Gasteiger partial charge on any atom is -0.495 e. The van der Waals surface area contributed by atoms with Crippen LogP contribution in [0.4, 0.5) is 5.69 Å². The van der Waals surface area contributed by atoms with Crippen LogP contribution in [0.15, 0.2) is 36.4 Å². The number of aryl methyl sites for hydroxylation is 1. The second kappa shape index (κ2) is 7.32. The zero-order valence-corrected chi connectivity index (χ0v) is 15.9. The van der Waals surface area contributed by atoms with Crippen LogP contribution in [-0.4, -0.2) is 36.1 Å². The monoisotopic (exact) mass is 386 g/mol. The number of carboxylic acid groups (broad SMARTS) is 1. The van der Waals surface area contributed by atoms with E-state index in [2.05, 4.69) is 4.98 Å².